The van der Waals surface area contributed by atoms with Gasteiger partial charge in [0.15, 0.2) is 5.69 Å². The molecular formula is C25H18N2O4. The van der Waals surface area contributed by atoms with E-state index in [1.807, 2.05) is 24.3 Å². The van der Waals surface area contributed by atoms with Crippen molar-refractivity contribution < 1.29 is 19.4 Å². The van der Waals surface area contributed by atoms with Crippen LogP contribution in [0.4, 0.5) is 10.5 Å². The van der Waals surface area contributed by atoms with Gasteiger partial charge in [0.2, 0.25) is 0 Å². The lowest BCUT2D eigenvalue weighted by Gasteiger charge is -2.15. The number of rotatable bonds is 4. The number of fused-ring (bicyclic) bond motifs is 4. The molecule has 2 N–H and O–H groups in total. The molecule has 0 spiro atoms. The van der Waals surface area contributed by atoms with Gasteiger partial charge >= 0.3 is 12.1 Å². The van der Waals surface area contributed by atoms with E-state index in [9.17, 15) is 14.7 Å². The van der Waals surface area contributed by atoms with E-state index < -0.39 is 12.1 Å². The lowest BCUT2D eigenvalue weighted by molar-refractivity contribution is 0.0693. The zero-order valence-corrected chi connectivity index (χ0v) is 16.4. The third-order valence-electron chi connectivity index (χ3n) is 5.56. The molecule has 6 nitrogen and oxygen atoms in total. The third kappa shape index (κ3) is 3.38. The molecule has 0 unspecified atom stereocenters. The summed E-state index contributed by atoms with van der Waals surface area (Å²) in [6.45, 7) is 0.223. The number of anilines is 1. The van der Waals surface area contributed by atoms with Crippen LogP contribution in [0.15, 0.2) is 79.0 Å². The van der Waals surface area contributed by atoms with E-state index in [2.05, 4.69) is 34.6 Å². The highest BCUT2D eigenvalue weighted by Gasteiger charge is 2.29. The number of benzene rings is 3. The number of pyridine rings is 1. The molecule has 1 aromatic heterocycles. The Labute approximate surface area is 178 Å². The molecule has 0 radical (unpaired) electrons. The minimum Gasteiger partial charge on any atom is -0.476 e. The molecule has 1 aliphatic carbocycles. The SMILES string of the molecule is O=C(Nc1ccc2c(C(=O)O)nccc2c1)OCC1c2ccccc2-c2ccccc21. The van der Waals surface area contributed by atoms with Gasteiger partial charge in [-0.1, -0.05) is 48.5 Å². The third-order valence-corrected chi connectivity index (χ3v) is 5.56. The van der Waals surface area contributed by atoms with Crippen molar-refractivity contribution in [3.63, 3.8) is 0 Å². The minimum atomic E-state index is -1.09. The van der Waals surface area contributed by atoms with Gasteiger partial charge in [-0.05, 0) is 51.9 Å². The Balaban J connectivity index is 1.32. The van der Waals surface area contributed by atoms with E-state index in [1.165, 1.54) is 17.3 Å². The summed E-state index contributed by atoms with van der Waals surface area (Å²) in [5, 5.41) is 13.2. The smallest absolute Gasteiger partial charge is 0.411 e. The fourth-order valence-corrected chi connectivity index (χ4v) is 4.18. The molecule has 1 aliphatic rings. The number of amides is 1. The lowest BCUT2D eigenvalue weighted by Crippen LogP contribution is -2.17. The second kappa shape index (κ2) is 7.57. The van der Waals surface area contributed by atoms with E-state index in [0.717, 1.165) is 11.1 Å². The van der Waals surface area contributed by atoms with Crippen LogP contribution in [0.1, 0.15) is 27.5 Å². The minimum absolute atomic E-state index is 0.0149. The summed E-state index contributed by atoms with van der Waals surface area (Å²) < 4.78 is 5.56. The first-order chi connectivity index (χ1) is 15.1. The molecule has 1 amide bonds. The van der Waals surface area contributed by atoms with Gasteiger partial charge in [0, 0.05) is 23.2 Å². The standard InChI is InChI=1S/C25H18N2O4/c28-24(29)23-17-10-9-16(13-15(17)11-12-26-23)27-25(30)31-14-22-20-7-3-1-5-18(20)19-6-2-4-8-21(19)22/h1-13,22H,14H2,(H,27,30)(H,28,29). The number of hydrogen-bond acceptors (Lipinski definition) is 4. The topological polar surface area (TPSA) is 88.5 Å². The molecule has 0 saturated carbocycles. The summed E-state index contributed by atoms with van der Waals surface area (Å²) in [4.78, 5) is 27.7. The molecule has 0 saturated heterocycles. The first kappa shape index (κ1) is 18.8. The summed E-state index contributed by atoms with van der Waals surface area (Å²) in [6.07, 6.45) is 0.872. The number of carboxylic acid groups (broad SMARTS) is 1. The van der Waals surface area contributed by atoms with Crippen LogP contribution in [0.25, 0.3) is 21.9 Å². The van der Waals surface area contributed by atoms with Crippen LogP contribution in [0.3, 0.4) is 0 Å². The average molecular weight is 410 g/mol. The molecule has 0 atom stereocenters. The molecule has 0 fully saturated rings. The van der Waals surface area contributed by atoms with E-state index in [0.29, 0.717) is 16.5 Å². The van der Waals surface area contributed by atoms with Crippen LogP contribution in [0, 0.1) is 0 Å². The van der Waals surface area contributed by atoms with Crippen LogP contribution < -0.4 is 5.32 Å². The Morgan fingerprint density at radius 2 is 1.61 bits per heavy atom. The number of ether oxygens (including phenoxy) is 1. The van der Waals surface area contributed by atoms with Gasteiger partial charge < -0.3 is 9.84 Å². The van der Waals surface area contributed by atoms with Gasteiger partial charge in [-0.15, -0.1) is 0 Å². The Kier molecular flexibility index (Phi) is 4.59. The molecule has 0 bridgehead atoms. The van der Waals surface area contributed by atoms with Gasteiger partial charge in [0.05, 0.1) is 0 Å². The molecule has 6 heteroatoms. The summed E-state index contributed by atoms with van der Waals surface area (Å²) in [7, 11) is 0. The number of carboxylic acids is 1. The zero-order valence-electron chi connectivity index (χ0n) is 16.4. The number of carbonyl (C=O) groups excluding carboxylic acids is 1. The van der Waals surface area contributed by atoms with Crippen LogP contribution in [-0.2, 0) is 4.74 Å². The molecule has 4 aromatic rings. The first-order valence-electron chi connectivity index (χ1n) is 9.86. The fraction of sp³-hybridized carbons (Fsp3) is 0.0800. The predicted octanol–water partition coefficient (Wildman–Crippen LogP) is 5.29. The number of aromatic nitrogens is 1. The van der Waals surface area contributed by atoms with Gasteiger partial charge in [-0.3, -0.25) is 5.32 Å². The highest BCUT2D eigenvalue weighted by Crippen LogP contribution is 2.44. The van der Waals surface area contributed by atoms with Crippen molar-refractivity contribution in [3.05, 3.63) is 95.8 Å². The van der Waals surface area contributed by atoms with Crippen molar-refractivity contribution in [3.8, 4) is 11.1 Å². The van der Waals surface area contributed by atoms with Gasteiger partial charge in [0.1, 0.15) is 6.61 Å². The largest absolute Gasteiger partial charge is 0.476 e. The second-order valence-electron chi connectivity index (χ2n) is 7.35. The number of aromatic carboxylic acids is 1. The Bertz CT molecular complexity index is 1290. The zero-order chi connectivity index (χ0) is 21.4. The van der Waals surface area contributed by atoms with E-state index >= 15 is 0 Å². The number of carbonyl (C=O) groups is 2. The second-order valence-corrected chi connectivity index (χ2v) is 7.35. The molecule has 31 heavy (non-hydrogen) atoms. The van der Waals surface area contributed by atoms with Gasteiger partial charge in [0.25, 0.3) is 0 Å². The van der Waals surface area contributed by atoms with E-state index in [-0.39, 0.29) is 18.2 Å². The fourth-order valence-electron chi connectivity index (χ4n) is 4.18. The van der Waals surface area contributed by atoms with Crippen LogP contribution >= 0.6 is 0 Å². The first-order valence-corrected chi connectivity index (χ1v) is 9.86. The number of hydrogen-bond donors (Lipinski definition) is 2. The molecule has 3 aromatic carbocycles. The van der Waals surface area contributed by atoms with Crippen molar-refractivity contribution in [2.24, 2.45) is 0 Å². The molecule has 0 aliphatic heterocycles. The molecule has 152 valence electrons. The quantitative estimate of drug-likeness (QED) is 0.477. The Hall–Kier alpha value is -4.19. The number of nitrogens with zero attached hydrogens (tertiary/aromatic N) is 1. The van der Waals surface area contributed by atoms with Crippen molar-refractivity contribution >= 4 is 28.5 Å². The highest BCUT2D eigenvalue weighted by molar-refractivity contribution is 6.03. The summed E-state index contributed by atoms with van der Waals surface area (Å²) in [5.41, 5.74) is 5.14. The van der Waals surface area contributed by atoms with Crippen molar-refractivity contribution in [2.45, 2.75) is 5.92 Å². The maximum Gasteiger partial charge on any atom is 0.411 e. The molecule has 5 rings (SSSR count). The Morgan fingerprint density at radius 1 is 0.935 bits per heavy atom. The van der Waals surface area contributed by atoms with Crippen molar-refractivity contribution in [1.82, 2.24) is 4.98 Å². The lowest BCUT2D eigenvalue weighted by atomic mass is 9.98. The summed E-state index contributed by atoms with van der Waals surface area (Å²) in [5.74, 6) is -1.11. The summed E-state index contributed by atoms with van der Waals surface area (Å²) in [6, 6.07) is 23.0. The van der Waals surface area contributed by atoms with Gasteiger partial charge in [-0.25, -0.2) is 14.6 Å². The van der Waals surface area contributed by atoms with Gasteiger partial charge in [-0.2, -0.15) is 0 Å². The Morgan fingerprint density at radius 3 is 2.29 bits per heavy atom. The van der Waals surface area contributed by atoms with Crippen LogP contribution in [0.2, 0.25) is 0 Å². The van der Waals surface area contributed by atoms with E-state index in [1.54, 1.807) is 24.3 Å². The monoisotopic (exact) mass is 410 g/mol. The predicted molar refractivity (Wildman–Crippen MR) is 117 cm³/mol. The van der Waals surface area contributed by atoms with E-state index in [4.69, 9.17) is 4.74 Å². The molecular weight excluding hydrogens is 392 g/mol. The molecule has 1 heterocycles. The maximum absolute atomic E-state index is 12.5. The maximum atomic E-state index is 12.5. The normalized spacial score (nSPS) is 12.3. The van der Waals surface area contributed by atoms with Crippen LogP contribution in [0.5, 0.6) is 0 Å². The average Bonchev–Trinajstić information content (AvgIpc) is 3.11. The van der Waals surface area contributed by atoms with Crippen molar-refractivity contribution in [1.29, 1.82) is 0 Å². The number of nitrogens with one attached hydrogen (secondary N) is 1. The van der Waals surface area contributed by atoms with Crippen LogP contribution in [-0.4, -0.2) is 28.8 Å². The summed E-state index contributed by atoms with van der Waals surface area (Å²) >= 11 is 0. The highest BCUT2D eigenvalue weighted by atomic mass is 16.5. The van der Waals surface area contributed by atoms with Crippen molar-refractivity contribution in [2.75, 3.05) is 11.9 Å².